The summed E-state index contributed by atoms with van der Waals surface area (Å²) in [6.07, 6.45) is 0.771. The van der Waals surface area contributed by atoms with Gasteiger partial charge in [0.2, 0.25) is 11.8 Å². The lowest BCUT2D eigenvalue weighted by Crippen LogP contribution is -2.55. The first kappa shape index (κ1) is 27.9. The van der Waals surface area contributed by atoms with Crippen molar-refractivity contribution in [2.24, 2.45) is 5.92 Å². The highest BCUT2D eigenvalue weighted by molar-refractivity contribution is 5.97. The summed E-state index contributed by atoms with van der Waals surface area (Å²) in [4.78, 5) is 33.7. The van der Waals surface area contributed by atoms with Crippen molar-refractivity contribution in [3.63, 3.8) is 0 Å². The SMILES string of the molecule is COc1ccc([C@@H]2[C@@H](C(=O)N3CCN(C[C@@H]4COc5ccccc5O4)CC3)CCC(=O)N2c2ccc(OC)cc2)cc1. The van der Waals surface area contributed by atoms with Crippen molar-refractivity contribution in [1.29, 1.82) is 0 Å². The molecule has 0 saturated carbocycles. The Hall–Kier alpha value is -4.24. The quantitative estimate of drug-likeness (QED) is 0.421. The van der Waals surface area contributed by atoms with Crippen LogP contribution in [0.25, 0.3) is 0 Å². The highest BCUT2D eigenvalue weighted by Gasteiger charge is 2.43. The van der Waals surface area contributed by atoms with Gasteiger partial charge >= 0.3 is 0 Å². The van der Waals surface area contributed by atoms with Gasteiger partial charge in [0, 0.05) is 44.8 Å². The normalized spacial score (nSPS) is 22.5. The van der Waals surface area contributed by atoms with Crippen LogP contribution in [-0.4, -0.2) is 81.3 Å². The van der Waals surface area contributed by atoms with E-state index >= 15 is 0 Å². The van der Waals surface area contributed by atoms with Gasteiger partial charge < -0.3 is 28.7 Å². The Labute approximate surface area is 246 Å². The third-order valence-electron chi connectivity index (χ3n) is 8.44. The number of hydrogen-bond acceptors (Lipinski definition) is 7. The van der Waals surface area contributed by atoms with Crippen LogP contribution in [0.1, 0.15) is 24.4 Å². The zero-order chi connectivity index (χ0) is 29.1. The third-order valence-corrected chi connectivity index (χ3v) is 8.44. The number of para-hydroxylation sites is 2. The number of carbonyl (C=O) groups is 2. The van der Waals surface area contributed by atoms with E-state index in [1.807, 2.05) is 77.7 Å². The van der Waals surface area contributed by atoms with Crippen LogP contribution in [-0.2, 0) is 9.59 Å². The minimum absolute atomic E-state index is 0.00567. The molecule has 3 aliphatic heterocycles. The fraction of sp³-hybridized carbons (Fsp3) is 0.394. The Morgan fingerprint density at radius 2 is 1.50 bits per heavy atom. The molecule has 0 N–H and O–H groups in total. The molecule has 3 atom stereocenters. The summed E-state index contributed by atoms with van der Waals surface area (Å²) in [7, 11) is 3.24. The van der Waals surface area contributed by atoms with E-state index in [4.69, 9.17) is 18.9 Å². The maximum Gasteiger partial charge on any atom is 0.228 e. The number of benzene rings is 3. The number of rotatable bonds is 7. The van der Waals surface area contributed by atoms with Crippen molar-refractivity contribution in [2.45, 2.75) is 25.0 Å². The highest BCUT2D eigenvalue weighted by Crippen LogP contribution is 2.42. The van der Waals surface area contributed by atoms with Gasteiger partial charge in [-0.3, -0.25) is 14.5 Å². The van der Waals surface area contributed by atoms with E-state index in [-0.39, 0.29) is 23.8 Å². The number of anilines is 1. The standard InChI is InChI=1S/C33H37N3O6/c1-39-25-11-7-23(8-12-25)32-28(15-16-31(37)36(32)24-9-13-26(40-2)14-10-24)33(38)35-19-17-34(18-20-35)21-27-22-41-29-5-3-4-6-30(29)42-27/h3-14,27-28,32H,15-22H2,1-2H3/t27-,28+,32-/m1/s1. The number of ether oxygens (including phenoxy) is 4. The lowest BCUT2D eigenvalue weighted by atomic mass is 9.82. The number of piperazine rings is 1. The Balaban J connectivity index is 1.17. The van der Waals surface area contributed by atoms with Crippen molar-refractivity contribution >= 4 is 17.5 Å². The molecular formula is C33H37N3O6. The van der Waals surface area contributed by atoms with Gasteiger partial charge in [0.1, 0.15) is 24.2 Å². The van der Waals surface area contributed by atoms with Gasteiger partial charge in [0.15, 0.2) is 11.5 Å². The van der Waals surface area contributed by atoms with Gasteiger partial charge in [0.25, 0.3) is 0 Å². The van der Waals surface area contributed by atoms with E-state index in [9.17, 15) is 9.59 Å². The summed E-state index contributed by atoms with van der Waals surface area (Å²) in [5, 5.41) is 0. The highest BCUT2D eigenvalue weighted by atomic mass is 16.6. The molecule has 2 saturated heterocycles. The van der Waals surface area contributed by atoms with E-state index < -0.39 is 6.04 Å². The number of carbonyl (C=O) groups excluding carboxylic acids is 2. The summed E-state index contributed by atoms with van der Waals surface area (Å²) in [5.74, 6) is 2.73. The van der Waals surface area contributed by atoms with Gasteiger partial charge in [-0.1, -0.05) is 24.3 Å². The summed E-state index contributed by atoms with van der Waals surface area (Å²) in [6, 6.07) is 22.5. The predicted octanol–water partition coefficient (Wildman–Crippen LogP) is 4.17. The molecule has 3 aromatic carbocycles. The van der Waals surface area contributed by atoms with Crippen LogP contribution >= 0.6 is 0 Å². The smallest absolute Gasteiger partial charge is 0.228 e. The first-order valence-corrected chi connectivity index (χ1v) is 14.5. The molecule has 0 bridgehead atoms. The second kappa shape index (κ2) is 12.3. The van der Waals surface area contributed by atoms with Gasteiger partial charge in [-0.05, 0) is 60.5 Å². The van der Waals surface area contributed by atoms with Crippen molar-refractivity contribution in [3.8, 4) is 23.0 Å². The van der Waals surface area contributed by atoms with Crippen LogP contribution in [0.3, 0.4) is 0 Å². The van der Waals surface area contributed by atoms with Crippen LogP contribution in [0.4, 0.5) is 5.69 Å². The molecule has 6 rings (SSSR count). The van der Waals surface area contributed by atoms with Crippen LogP contribution < -0.4 is 23.8 Å². The lowest BCUT2D eigenvalue weighted by Gasteiger charge is -2.44. The van der Waals surface area contributed by atoms with Crippen LogP contribution in [0.5, 0.6) is 23.0 Å². The summed E-state index contributed by atoms with van der Waals surface area (Å²) < 4.78 is 22.8. The lowest BCUT2D eigenvalue weighted by molar-refractivity contribution is -0.140. The largest absolute Gasteiger partial charge is 0.497 e. The molecule has 9 nitrogen and oxygen atoms in total. The average Bonchev–Trinajstić information content (AvgIpc) is 3.05. The van der Waals surface area contributed by atoms with Crippen molar-refractivity contribution in [2.75, 3.05) is 58.5 Å². The second-order valence-corrected chi connectivity index (χ2v) is 10.9. The molecule has 3 heterocycles. The maximum atomic E-state index is 14.2. The molecular weight excluding hydrogens is 534 g/mol. The number of nitrogens with zero attached hydrogens (tertiary/aromatic N) is 3. The molecule has 220 valence electrons. The summed E-state index contributed by atoms with van der Waals surface area (Å²) in [6.45, 7) is 4.03. The number of fused-ring (bicyclic) bond motifs is 1. The number of piperidine rings is 1. The fourth-order valence-corrected chi connectivity index (χ4v) is 6.21. The van der Waals surface area contributed by atoms with Crippen molar-refractivity contribution < 1.29 is 28.5 Å². The van der Waals surface area contributed by atoms with Crippen molar-refractivity contribution in [1.82, 2.24) is 9.80 Å². The molecule has 0 unspecified atom stereocenters. The molecule has 0 spiro atoms. The van der Waals surface area contributed by atoms with Gasteiger partial charge in [-0.2, -0.15) is 0 Å². The minimum Gasteiger partial charge on any atom is -0.497 e. The van der Waals surface area contributed by atoms with Gasteiger partial charge in [-0.15, -0.1) is 0 Å². The zero-order valence-corrected chi connectivity index (χ0v) is 24.1. The molecule has 0 aromatic heterocycles. The molecule has 3 aliphatic rings. The van der Waals surface area contributed by atoms with E-state index in [0.717, 1.165) is 48.1 Å². The second-order valence-electron chi connectivity index (χ2n) is 10.9. The Kier molecular flexibility index (Phi) is 8.19. The van der Waals surface area contributed by atoms with Crippen LogP contribution in [0.15, 0.2) is 72.8 Å². The predicted molar refractivity (Wildman–Crippen MR) is 158 cm³/mol. The Bertz CT molecular complexity index is 1390. The first-order chi connectivity index (χ1) is 20.5. The molecule has 42 heavy (non-hydrogen) atoms. The fourth-order valence-electron chi connectivity index (χ4n) is 6.21. The van der Waals surface area contributed by atoms with E-state index in [2.05, 4.69) is 4.90 Å². The molecule has 2 fully saturated rings. The Morgan fingerprint density at radius 1 is 0.857 bits per heavy atom. The van der Waals surface area contributed by atoms with E-state index in [1.54, 1.807) is 19.1 Å². The first-order valence-electron chi connectivity index (χ1n) is 14.5. The van der Waals surface area contributed by atoms with E-state index in [0.29, 0.717) is 38.3 Å². The molecule has 0 radical (unpaired) electrons. The van der Waals surface area contributed by atoms with Gasteiger partial charge in [0.05, 0.1) is 26.2 Å². The number of methoxy groups -OCH3 is 2. The minimum atomic E-state index is -0.427. The molecule has 2 amide bonds. The summed E-state index contributed by atoms with van der Waals surface area (Å²) >= 11 is 0. The van der Waals surface area contributed by atoms with Crippen LogP contribution in [0, 0.1) is 5.92 Å². The summed E-state index contributed by atoms with van der Waals surface area (Å²) in [5.41, 5.74) is 1.66. The molecule has 3 aromatic rings. The molecule has 9 heteroatoms. The van der Waals surface area contributed by atoms with E-state index in [1.165, 1.54) is 0 Å². The third kappa shape index (κ3) is 5.74. The topological polar surface area (TPSA) is 80.8 Å². The van der Waals surface area contributed by atoms with Gasteiger partial charge in [-0.25, -0.2) is 0 Å². The zero-order valence-electron chi connectivity index (χ0n) is 24.1. The van der Waals surface area contributed by atoms with Crippen molar-refractivity contribution in [3.05, 3.63) is 78.4 Å². The number of hydrogen-bond donors (Lipinski definition) is 0. The average molecular weight is 572 g/mol. The monoisotopic (exact) mass is 571 g/mol. The Morgan fingerprint density at radius 3 is 2.17 bits per heavy atom. The number of amides is 2. The molecule has 0 aliphatic carbocycles. The maximum absolute atomic E-state index is 14.2. The van der Waals surface area contributed by atoms with Crippen LogP contribution in [0.2, 0.25) is 0 Å².